The third kappa shape index (κ3) is 3.98. The number of hydrogen-bond acceptors (Lipinski definition) is 2. The fraction of sp³-hybridized carbons (Fsp3) is 0.429. The van der Waals surface area contributed by atoms with E-state index in [4.69, 9.17) is 5.73 Å². The van der Waals surface area contributed by atoms with E-state index in [0.29, 0.717) is 0 Å². The van der Waals surface area contributed by atoms with Crippen LogP contribution in [0.5, 0.6) is 0 Å². The molecule has 0 aliphatic carbocycles. The predicted octanol–water partition coefficient (Wildman–Crippen LogP) is 0.930. The van der Waals surface area contributed by atoms with Crippen LogP contribution in [-0.2, 0) is 6.54 Å². The molecule has 0 aromatic carbocycles. The summed E-state index contributed by atoms with van der Waals surface area (Å²) in [7, 11) is 1.50. The van der Waals surface area contributed by atoms with E-state index in [2.05, 4.69) is 15.3 Å². The maximum atomic E-state index is 12.3. The number of aromatic nitrogens is 2. The maximum absolute atomic E-state index is 12.3. The summed E-state index contributed by atoms with van der Waals surface area (Å²) < 4.78 is 25.4. The molecule has 0 spiro atoms. The fourth-order valence-corrected chi connectivity index (χ4v) is 0.907. The van der Waals surface area contributed by atoms with Crippen LogP contribution in [0.1, 0.15) is 12.4 Å². The lowest BCUT2D eigenvalue weighted by atomic mass is 10.6. The van der Waals surface area contributed by atoms with E-state index in [1.165, 1.54) is 19.4 Å². The van der Waals surface area contributed by atoms with Gasteiger partial charge in [-0.3, -0.25) is 9.56 Å². The molecule has 0 radical (unpaired) electrons. The minimum absolute atomic E-state index is 0. The van der Waals surface area contributed by atoms with Gasteiger partial charge in [-0.25, -0.2) is 4.98 Å². The lowest BCUT2D eigenvalue weighted by Crippen LogP contribution is -2.31. The van der Waals surface area contributed by atoms with Gasteiger partial charge in [0.2, 0.25) is 0 Å². The van der Waals surface area contributed by atoms with Crippen molar-refractivity contribution in [3.8, 4) is 0 Å². The third-order valence-corrected chi connectivity index (χ3v) is 1.63. The Kier molecular flexibility index (Phi) is 6.13. The predicted molar refractivity (Wildman–Crippen MR) is 63.3 cm³/mol. The summed E-state index contributed by atoms with van der Waals surface area (Å²) in [6.45, 7) is -2.46. The number of nitrogens with one attached hydrogen (secondary N) is 1. The summed E-state index contributed by atoms with van der Waals surface area (Å²) >= 11 is 0. The van der Waals surface area contributed by atoms with Gasteiger partial charge in [0.1, 0.15) is 5.82 Å². The topological polar surface area (TPSA) is 68.2 Å². The smallest absolute Gasteiger partial charge is 0.319 e. The molecule has 0 saturated heterocycles. The van der Waals surface area contributed by atoms with Crippen molar-refractivity contribution in [2.75, 3.05) is 7.05 Å². The molecule has 0 atom stereocenters. The van der Waals surface area contributed by atoms with Crippen LogP contribution in [0.2, 0.25) is 0 Å². The van der Waals surface area contributed by atoms with Crippen LogP contribution in [0.25, 0.3) is 0 Å². The van der Waals surface area contributed by atoms with Gasteiger partial charge in [0.25, 0.3) is 0 Å². The average molecular weight is 331 g/mol. The number of guanidine groups is 1. The van der Waals surface area contributed by atoms with Crippen molar-refractivity contribution in [1.82, 2.24) is 14.9 Å². The van der Waals surface area contributed by atoms with Crippen molar-refractivity contribution < 1.29 is 8.78 Å². The Morgan fingerprint density at radius 1 is 1.73 bits per heavy atom. The molecule has 86 valence electrons. The monoisotopic (exact) mass is 331 g/mol. The van der Waals surface area contributed by atoms with Crippen molar-refractivity contribution in [1.29, 1.82) is 0 Å². The Bertz CT molecular complexity index is 325. The molecule has 0 saturated carbocycles. The van der Waals surface area contributed by atoms with Crippen molar-refractivity contribution in [2.45, 2.75) is 13.1 Å². The van der Waals surface area contributed by atoms with Gasteiger partial charge in [-0.15, -0.1) is 24.0 Å². The van der Waals surface area contributed by atoms with Crippen LogP contribution < -0.4 is 11.1 Å². The Labute approximate surface area is 103 Å². The fourth-order valence-electron chi connectivity index (χ4n) is 0.907. The Balaban J connectivity index is 0.00000196. The molecule has 0 aliphatic heterocycles. The van der Waals surface area contributed by atoms with Gasteiger partial charge in [0.05, 0.1) is 6.54 Å². The van der Waals surface area contributed by atoms with E-state index in [-0.39, 0.29) is 42.3 Å². The first-order valence-corrected chi connectivity index (χ1v) is 3.91. The van der Waals surface area contributed by atoms with Crippen LogP contribution in [-0.4, -0.2) is 22.6 Å². The molecule has 15 heavy (non-hydrogen) atoms. The zero-order valence-electron chi connectivity index (χ0n) is 8.02. The zero-order chi connectivity index (χ0) is 10.6. The standard InChI is InChI=1S/C7H11F2N5.HI/c1-11-7(10)13-4-5-12-2-3-14(5)6(8)9;/h2-3,6H,4H2,1H3,(H3,10,11,13);1H. The number of hydrogen-bond donors (Lipinski definition) is 2. The Morgan fingerprint density at radius 2 is 2.40 bits per heavy atom. The zero-order valence-corrected chi connectivity index (χ0v) is 10.4. The molecule has 0 bridgehead atoms. The molecule has 1 rings (SSSR count). The van der Waals surface area contributed by atoms with Gasteiger partial charge < -0.3 is 11.1 Å². The van der Waals surface area contributed by atoms with Crippen molar-refractivity contribution in [3.05, 3.63) is 18.2 Å². The van der Waals surface area contributed by atoms with Crippen LogP contribution in [0.15, 0.2) is 17.4 Å². The van der Waals surface area contributed by atoms with Crippen LogP contribution >= 0.6 is 24.0 Å². The summed E-state index contributed by atoms with van der Waals surface area (Å²) in [5, 5.41) is 2.64. The van der Waals surface area contributed by atoms with E-state index in [9.17, 15) is 8.78 Å². The second kappa shape index (κ2) is 6.53. The van der Waals surface area contributed by atoms with Gasteiger partial charge in [-0.05, 0) is 0 Å². The third-order valence-electron chi connectivity index (χ3n) is 1.63. The van der Waals surface area contributed by atoms with Gasteiger partial charge in [-0.1, -0.05) is 0 Å². The van der Waals surface area contributed by atoms with Gasteiger partial charge in [0.15, 0.2) is 5.96 Å². The normalized spacial score (nSPS) is 11.3. The molecular formula is C7H12F2IN5. The first-order valence-electron chi connectivity index (χ1n) is 3.91. The van der Waals surface area contributed by atoms with Gasteiger partial charge >= 0.3 is 6.55 Å². The molecule has 8 heteroatoms. The highest BCUT2D eigenvalue weighted by atomic mass is 127. The van der Waals surface area contributed by atoms with E-state index < -0.39 is 6.55 Å². The maximum Gasteiger partial charge on any atom is 0.319 e. The van der Waals surface area contributed by atoms with Crippen LogP contribution in [0.3, 0.4) is 0 Å². The summed E-state index contributed by atoms with van der Waals surface area (Å²) in [4.78, 5) is 7.37. The number of aliphatic imine (C=N–C) groups is 1. The summed E-state index contributed by atoms with van der Waals surface area (Å²) in [6.07, 6.45) is 2.52. The number of nitrogens with zero attached hydrogens (tertiary/aromatic N) is 3. The second-order valence-corrected chi connectivity index (χ2v) is 2.49. The summed E-state index contributed by atoms with van der Waals surface area (Å²) in [6, 6.07) is 0. The molecule has 0 amide bonds. The minimum Gasteiger partial charge on any atom is -0.370 e. The second-order valence-electron chi connectivity index (χ2n) is 2.49. The molecule has 1 heterocycles. The summed E-state index contributed by atoms with van der Waals surface area (Å²) in [5.74, 6) is 0.403. The highest BCUT2D eigenvalue weighted by molar-refractivity contribution is 14.0. The average Bonchev–Trinajstić information content (AvgIpc) is 2.62. The number of imidazole rings is 1. The van der Waals surface area contributed by atoms with Crippen molar-refractivity contribution >= 4 is 29.9 Å². The molecular weight excluding hydrogens is 319 g/mol. The van der Waals surface area contributed by atoms with E-state index in [1.807, 2.05) is 0 Å². The lowest BCUT2D eigenvalue weighted by molar-refractivity contribution is 0.0668. The lowest BCUT2D eigenvalue weighted by Gasteiger charge is -2.07. The minimum atomic E-state index is -2.59. The number of alkyl halides is 2. The number of rotatable bonds is 3. The molecule has 5 nitrogen and oxygen atoms in total. The van der Waals surface area contributed by atoms with Crippen molar-refractivity contribution in [2.24, 2.45) is 10.7 Å². The van der Waals surface area contributed by atoms with Crippen molar-refractivity contribution in [3.63, 3.8) is 0 Å². The van der Waals surface area contributed by atoms with Crippen LogP contribution in [0.4, 0.5) is 8.78 Å². The molecule has 3 N–H and O–H groups in total. The molecule has 1 aromatic heterocycles. The first-order chi connectivity index (χ1) is 6.65. The molecule has 0 fully saturated rings. The Morgan fingerprint density at radius 3 is 2.93 bits per heavy atom. The van der Waals surface area contributed by atoms with Crippen LogP contribution in [0, 0.1) is 0 Å². The Hall–Kier alpha value is -0.930. The largest absolute Gasteiger partial charge is 0.370 e. The quantitative estimate of drug-likeness (QED) is 0.492. The van der Waals surface area contributed by atoms with E-state index in [0.717, 1.165) is 4.57 Å². The molecule has 1 aromatic rings. The highest BCUT2D eigenvalue weighted by Crippen LogP contribution is 2.11. The van der Waals surface area contributed by atoms with E-state index >= 15 is 0 Å². The number of nitrogens with two attached hydrogens (primary N) is 1. The first kappa shape index (κ1) is 14.1. The highest BCUT2D eigenvalue weighted by Gasteiger charge is 2.10. The van der Waals surface area contributed by atoms with E-state index in [1.54, 1.807) is 0 Å². The van der Waals surface area contributed by atoms with Gasteiger partial charge in [0, 0.05) is 19.4 Å². The molecule has 0 unspecified atom stereocenters. The number of halogens is 3. The molecule has 0 aliphatic rings. The van der Waals surface area contributed by atoms with Gasteiger partial charge in [-0.2, -0.15) is 8.78 Å². The SMILES string of the molecule is CN=C(N)NCc1nccn1C(F)F.I. The summed E-state index contributed by atoms with van der Waals surface area (Å²) in [5.41, 5.74) is 5.33.